The molecule has 150 valence electrons. The minimum Gasteiger partial charge on any atom is -0.497 e. The van der Waals surface area contributed by atoms with Crippen LogP contribution in [0.1, 0.15) is 15.9 Å². The Morgan fingerprint density at radius 2 is 1.68 bits per heavy atom. The summed E-state index contributed by atoms with van der Waals surface area (Å²) in [4.78, 5) is 16.7. The molecule has 8 heteroatoms. The van der Waals surface area contributed by atoms with Crippen molar-refractivity contribution in [1.82, 2.24) is 4.90 Å². The van der Waals surface area contributed by atoms with Gasteiger partial charge in [0.15, 0.2) is 0 Å². The van der Waals surface area contributed by atoms with Crippen LogP contribution in [0.5, 0.6) is 5.75 Å². The summed E-state index contributed by atoms with van der Waals surface area (Å²) in [5.41, 5.74) is 0.279. The molecule has 2 aromatic rings. The van der Waals surface area contributed by atoms with E-state index in [9.17, 15) is 18.0 Å². The Kier molecular flexibility index (Phi) is 5.79. The second-order valence-corrected chi connectivity index (χ2v) is 6.70. The molecule has 0 aliphatic carbocycles. The normalized spacial score (nSPS) is 15.4. The predicted molar refractivity (Wildman–Crippen MR) is 102 cm³/mol. The van der Waals surface area contributed by atoms with Crippen LogP contribution in [0.2, 0.25) is 0 Å². The molecule has 0 atom stereocenters. The van der Waals surface area contributed by atoms with Crippen LogP contribution in [0, 0.1) is 0 Å². The third-order valence-electron chi connectivity index (χ3n) is 4.77. The number of rotatable bonds is 4. The van der Waals surface area contributed by atoms with Gasteiger partial charge >= 0.3 is 6.18 Å². The maximum atomic E-state index is 13.2. The summed E-state index contributed by atoms with van der Waals surface area (Å²) in [7, 11) is 3.51. The third kappa shape index (κ3) is 4.56. The molecule has 1 heterocycles. The number of carbonyl (C=O) groups excluding carboxylic acids is 1. The van der Waals surface area contributed by atoms with E-state index < -0.39 is 17.6 Å². The van der Waals surface area contributed by atoms with Gasteiger partial charge in [0.1, 0.15) is 5.75 Å². The monoisotopic (exact) mass is 393 g/mol. The van der Waals surface area contributed by atoms with Gasteiger partial charge in [-0.3, -0.25) is 4.79 Å². The van der Waals surface area contributed by atoms with Gasteiger partial charge in [-0.05, 0) is 49.5 Å². The summed E-state index contributed by atoms with van der Waals surface area (Å²) in [6, 6.07) is 9.86. The number of hydrogen-bond acceptors (Lipinski definition) is 4. The number of halogens is 3. The van der Waals surface area contributed by atoms with Crippen LogP contribution in [-0.4, -0.2) is 51.1 Å². The third-order valence-corrected chi connectivity index (χ3v) is 4.77. The number of nitrogens with zero attached hydrogens (tertiary/aromatic N) is 2. The van der Waals surface area contributed by atoms with E-state index in [0.29, 0.717) is 30.1 Å². The number of nitrogens with one attached hydrogen (secondary N) is 1. The quantitative estimate of drug-likeness (QED) is 0.860. The van der Waals surface area contributed by atoms with E-state index >= 15 is 0 Å². The predicted octanol–water partition coefficient (Wildman–Crippen LogP) is 3.72. The largest absolute Gasteiger partial charge is 0.497 e. The molecule has 5 nitrogen and oxygen atoms in total. The molecular weight excluding hydrogens is 371 g/mol. The second-order valence-electron chi connectivity index (χ2n) is 6.70. The topological polar surface area (TPSA) is 44.8 Å². The molecule has 0 saturated carbocycles. The number of anilines is 2. The first-order chi connectivity index (χ1) is 13.3. The number of ether oxygens (including phenoxy) is 1. The van der Waals surface area contributed by atoms with Gasteiger partial charge < -0.3 is 19.9 Å². The molecule has 3 rings (SSSR count). The number of benzene rings is 2. The summed E-state index contributed by atoms with van der Waals surface area (Å²) >= 11 is 0. The number of hydrogen-bond donors (Lipinski definition) is 1. The SMILES string of the molecule is COc1ccc(C(=O)Nc2cc(C(F)(F)F)ccc2N2CCN(C)CC2)cc1. The van der Waals surface area contributed by atoms with Crippen LogP contribution in [0.3, 0.4) is 0 Å². The summed E-state index contributed by atoms with van der Waals surface area (Å²) in [6.07, 6.45) is -4.49. The van der Waals surface area contributed by atoms with Gasteiger partial charge in [-0.1, -0.05) is 0 Å². The van der Waals surface area contributed by atoms with Gasteiger partial charge in [0, 0.05) is 31.7 Å². The summed E-state index contributed by atoms with van der Waals surface area (Å²) < 4.78 is 44.6. The van der Waals surface area contributed by atoms with E-state index in [2.05, 4.69) is 10.2 Å². The second kappa shape index (κ2) is 8.10. The maximum Gasteiger partial charge on any atom is 0.416 e. The van der Waals surface area contributed by atoms with Gasteiger partial charge in [0.05, 0.1) is 24.0 Å². The number of likely N-dealkylation sites (N-methyl/N-ethyl adjacent to an activating group) is 1. The van der Waals surface area contributed by atoms with Crippen LogP contribution in [-0.2, 0) is 6.18 Å². The number of alkyl halides is 3. The van der Waals surface area contributed by atoms with Crippen molar-refractivity contribution < 1.29 is 22.7 Å². The summed E-state index contributed by atoms with van der Waals surface area (Å²) in [5, 5.41) is 2.65. The van der Waals surface area contributed by atoms with Gasteiger partial charge in [-0.25, -0.2) is 0 Å². The minimum absolute atomic E-state index is 0.153. The summed E-state index contributed by atoms with van der Waals surface area (Å²) in [6.45, 7) is 2.94. The molecule has 1 saturated heterocycles. The average molecular weight is 393 g/mol. The minimum atomic E-state index is -4.49. The maximum absolute atomic E-state index is 13.2. The van der Waals surface area contributed by atoms with Crippen LogP contribution >= 0.6 is 0 Å². The van der Waals surface area contributed by atoms with E-state index in [1.165, 1.54) is 13.2 Å². The van der Waals surface area contributed by atoms with E-state index in [4.69, 9.17) is 4.74 Å². The number of methoxy groups -OCH3 is 1. The molecule has 1 aliphatic heterocycles. The summed E-state index contributed by atoms with van der Waals surface area (Å²) in [5.74, 6) is 0.117. The molecule has 0 aromatic heterocycles. The number of carbonyl (C=O) groups is 1. The standard InChI is InChI=1S/C20H22F3N3O2/c1-25-9-11-26(12-10-25)18-8-5-15(20(21,22)23)13-17(18)24-19(27)14-3-6-16(28-2)7-4-14/h3-8,13H,9-12H2,1-2H3,(H,24,27). The Morgan fingerprint density at radius 3 is 2.25 bits per heavy atom. The van der Waals surface area contributed by atoms with Gasteiger partial charge in [0.2, 0.25) is 0 Å². The highest BCUT2D eigenvalue weighted by atomic mass is 19.4. The molecule has 1 N–H and O–H groups in total. The van der Waals surface area contributed by atoms with Crippen molar-refractivity contribution in [3.63, 3.8) is 0 Å². The smallest absolute Gasteiger partial charge is 0.416 e. The first-order valence-electron chi connectivity index (χ1n) is 8.88. The van der Waals surface area contributed by atoms with Crippen molar-refractivity contribution in [2.45, 2.75) is 6.18 Å². The van der Waals surface area contributed by atoms with Gasteiger partial charge in [0.25, 0.3) is 5.91 Å². The zero-order chi connectivity index (χ0) is 20.3. The number of piperazine rings is 1. The van der Waals surface area contributed by atoms with Crippen LogP contribution < -0.4 is 15.0 Å². The molecule has 0 spiro atoms. The highest BCUT2D eigenvalue weighted by molar-refractivity contribution is 6.06. The molecule has 0 unspecified atom stereocenters. The van der Waals surface area contributed by atoms with E-state index in [0.717, 1.165) is 25.2 Å². The molecule has 1 fully saturated rings. The highest BCUT2D eigenvalue weighted by Gasteiger charge is 2.32. The molecule has 28 heavy (non-hydrogen) atoms. The molecule has 1 amide bonds. The lowest BCUT2D eigenvalue weighted by Gasteiger charge is -2.35. The van der Waals surface area contributed by atoms with Crippen LogP contribution in [0.15, 0.2) is 42.5 Å². The zero-order valence-electron chi connectivity index (χ0n) is 15.7. The Morgan fingerprint density at radius 1 is 1.04 bits per heavy atom. The van der Waals surface area contributed by atoms with Crippen molar-refractivity contribution in [2.75, 3.05) is 50.6 Å². The lowest BCUT2D eigenvalue weighted by molar-refractivity contribution is -0.137. The number of amides is 1. The van der Waals surface area contributed by atoms with Crippen molar-refractivity contribution in [3.8, 4) is 5.75 Å². The Labute approximate surface area is 161 Å². The first kappa shape index (κ1) is 20.0. The highest BCUT2D eigenvalue weighted by Crippen LogP contribution is 2.36. The molecule has 2 aromatic carbocycles. The van der Waals surface area contributed by atoms with Crippen molar-refractivity contribution in [1.29, 1.82) is 0 Å². The van der Waals surface area contributed by atoms with Crippen LogP contribution in [0.25, 0.3) is 0 Å². The Hall–Kier alpha value is -2.74. The lowest BCUT2D eigenvalue weighted by atomic mass is 10.1. The van der Waals surface area contributed by atoms with Gasteiger partial charge in [-0.15, -0.1) is 0 Å². The Bertz CT molecular complexity index is 830. The molecular formula is C20H22F3N3O2. The van der Waals surface area contributed by atoms with Gasteiger partial charge in [-0.2, -0.15) is 13.2 Å². The van der Waals surface area contributed by atoms with Crippen molar-refractivity contribution >= 4 is 17.3 Å². The van der Waals surface area contributed by atoms with E-state index in [-0.39, 0.29) is 5.69 Å². The molecule has 1 aliphatic rings. The molecule has 0 radical (unpaired) electrons. The first-order valence-corrected chi connectivity index (χ1v) is 8.88. The van der Waals surface area contributed by atoms with Crippen molar-refractivity contribution in [2.24, 2.45) is 0 Å². The fourth-order valence-electron chi connectivity index (χ4n) is 3.07. The van der Waals surface area contributed by atoms with Crippen LogP contribution in [0.4, 0.5) is 24.5 Å². The van der Waals surface area contributed by atoms with E-state index in [1.54, 1.807) is 24.3 Å². The fraction of sp³-hybridized carbons (Fsp3) is 0.350. The lowest BCUT2D eigenvalue weighted by Crippen LogP contribution is -2.44. The fourth-order valence-corrected chi connectivity index (χ4v) is 3.07. The average Bonchev–Trinajstić information content (AvgIpc) is 2.68. The van der Waals surface area contributed by atoms with Crippen molar-refractivity contribution in [3.05, 3.63) is 53.6 Å². The zero-order valence-corrected chi connectivity index (χ0v) is 15.7. The Balaban J connectivity index is 1.90. The van der Waals surface area contributed by atoms with E-state index in [1.807, 2.05) is 11.9 Å². The molecule has 0 bridgehead atoms.